The second-order valence-electron chi connectivity index (χ2n) is 10.6. The van der Waals surface area contributed by atoms with Crippen LogP contribution in [0, 0.1) is 0 Å². The molecule has 1 N–H and O–H groups in total. The first kappa shape index (κ1) is 31.8. The van der Waals surface area contributed by atoms with E-state index in [1.165, 1.54) is 0 Å². The molecule has 8 nitrogen and oxygen atoms in total. The van der Waals surface area contributed by atoms with E-state index < -0.39 is 30.1 Å². The maximum Gasteiger partial charge on any atom is 0.329 e. The maximum absolute atomic E-state index is 14.2. The third-order valence-corrected chi connectivity index (χ3v) is 7.54. The van der Waals surface area contributed by atoms with E-state index in [-0.39, 0.29) is 19.1 Å². The molecule has 4 rings (SSSR count). The minimum absolute atomic E-state index is 0.149. The van der Waals surface area contributed by atoms with Gasteiger partial charge in [0.1, 0.15) is 24.4 Å². The topological polar surface area (TPSA) is 94.2 Å². The Kier molecular flexibility index (Phi) is 12.2. The number of nitrogens with zero attached hydrogens (tertiary/aromatic N) is 1. The molecule has 1 heterocycles. The highest BCUT2D eigenvalue weighted by Crippen LogP contribution is 2.23. The summed E-state index contributed by atoms with van der Waals surface area (Å²) in [6.45, 7) is 5.08. The predicted octanol–water partition coefficient (Wildman–Crippen LogP) is 4.88. The summed E-state index contributed by atoms with van der Waals surface area (Å²) < 4.78 is 16.6. The summed E-state index contributed by atoms with van der Waals surface area (Å²) in [6, 6.07) is 24.8. The molecule has 0 spiro atoms. The Morgan fingerprint density at radius 3 is 2.14 bits per heavy atom. The van der Waals surface area contributed by atoms with Gasteiger partial charge in [0.15, 0.2) is 0 Å². The van der Waals surface area contributed by atoms with Gasteiger partial charge in [-0.1, -0.05) is 72.8 Å². The van der Waals surface area contributed by atoms with Gasteiger partial charge in [-0.2, -0.15) is 0 Å². The second-order valence-corrected chi connectivity index (χ2v) is 10.6. The van der Waals surface area contributed by atoms with Crippen LogP contribution in [-0.2, 0) is 43.3 Å². The Morgan fingerprint density at radius 1 is 0.814 bits per heavy atom. The molecule has 0 aromatic heterocycles. The number of esters is 2. The Labute approximate surface area is 254 Å². The summed E-state index contributed by atoms with van der Waals surface area (Å²) in [4.78, 5) is 42.1. The van der Waals surface area contributed by atoms with Crippen LogP contribution < -0.4 is 10.1 Å². The normalized spacial score (nSPS) is 15.9. The molecule has 1 unspecified atom stereocenters. The Bertz CT molecular complexity index is 1300. The van der Waals surface area contributed by atoms with Crippen LogP contribution in [0.2, 0.25) is 0 Å². The highest BCUT2D eigenvalue weighted by molar-refractivity contribution is 5.89. The van der Waals surface area contributed by atoms with E-state index in [0.29, 0.717) is 45.3 Å². The monoisotopic (exact) mass is 586 g/mol. The summed E-state index contributed by atoms with van der Waals surface area (Å²) >= 11 is 0. The molecule has 1 amide bonds. The lowest BCUT2D eigenvalue weighted by Crippen LogP contribution is -2.55. The zero-order valence-electron chi connectivity index (χ0n) is 25.1. The van der Waals surface area contributed by atoms with Crippen LogP contribution >= 0.6 is 0 Å². The van der Waals surface area contributed by atoms with E-state index in [0.717, 1.165) is 22.4 Å². The van der Waals surface area contributed by atoms with E-state index in [1.54, 1.807) is 11.8 Å². The van der Waals surface area contributed by atoms with Gasteiger partial charge in [0.05, 0.1) is 19.3 Å². The molecule has 3 atom stereocenters. The molecular formula is C35H42N2O6. The van der Waals surface area contributed by atoms with Crippen molar-refractivity contribution in [3.05, 3.63) is 102 Å². The molecule has 0 saturated carbocycles. The number of carbonyl (C=O) groups excluding carboxylic acids is 3. The highest BCUT2D eigenvalue weighted by atomic mass is 16.5. The summed E-state index contributed by atoms with van der Waals surface area (Å²) in [7, 11) is 0. The maximum atomic E-state index is 14.2. The van der Waals surface area contributed by atoms with Crippen molar-refractivity contribution in [3.63, 3.8) is 0 Å². The van der Waals surface area contributed by atoms with Gasteiger partial charge in [-0.3, -0.25) is 14.9 Å². The summed E-state index contributed by atoms with van der Waals surface area (Å²) in [5, 5.41) is 3.34. The fourth-order valence-corrected chi connectivity index (χ4v) is 5.35. The molecule has 1 saturated heterocycles. The second kappa shape index (κ2) is 16.5. The van der Waals surface area contributed by atoms with Gasteiger partial charge in [-0.15, -0.1) is 0 Å². The van der Waals surface area contributed by atoms with E-state index in [1.807, 2.05) is 91.9 Å². The molecule has 0 bridgehead atoms. The Balaban J connectivity index is 1.53. The molecule has 1 aliphatic rings. The van der Waals surface area contributed by atoms with Crippen molar-refractivity contribution in [1.29, 1.82) is 0 Å². The van der Waals surface area contributed by atoms with Gasteiger partial charge in [0, 0.05) is 6.54 Å². The standard InChI is InChI=1S/C35H42N2O6/c1-3-41-29-20-17-27(18-21-29)24-31(36-30(34(39)42-4-2)22-19-26-12-7-5-8-13-26)33(38)37-23-11-16-32(37)35(40)43-25-28-14-9-6-10-15-28/h5-10,12-15,17-18,20-21,30-32,36H,3-4,11,16,19,22-25H2,1-2H3/t30?,31-,32-/m0/s1. The number of hydrogen-bond donors (Lipinski definition) is 1. The number of ether oxygens (including phenoxy) is 3. The fourth-order valence-electron chi connectivity index (χ4n) is 5.35. The summed E-state index contributed by atoms with van der Waals surface area (Å²) in [6.07, 6.45) is 2.65. The van der Waals surface area contributed by atoms with Crippen LogP contribution in [0.3, 0.4) is 0 Å². The molecule has 228 valence electrons. The van der Waals surface area contributed by atoms with Crippen molar-refractivity contribution in [2.24, 2.45) is 0 Å². The zero-order chi connectivity index (χ0) is 30.4. The van der Waals surface area contributed by atoms with Crippen LogP contribution in [0.25, 0.3) is 0 Å². The average Bonchev–Trinajstić information content (AvgIpc) is 3.53. The van der Waals surface area contributed by atoms with Gasteiger partial charge in [-0.05, 0) is 74.8 Å². The quantitative estimate of drug-likeness (QED) is 0.254. The molecule has 0 aliphatic carbocycles. The fraction of sp³-hybridized carbons (Fsp3) is 0.400. The van der Waals surface area contributed by atoms with Crippen molar-refractivity contribution in [2.45, 2.75) is 70.7 Å². The van der Waals surface area contributed by atoms with E-state index in [9.17, 15) is 14.4 Å². The largest absolute Gasteiger partial charge is 0.494 e. The summed E-state index contributed by atoms with van der Waals surface area (Å²) in [5.41, 5.74) is 2.88. The van der Waals surface area contributed by atoms with Gasteiger partial charge in [0.25, 0.3) is 0 Å². The van der Waals surface area contributed by atoms with Gasteiger partial charge in [-0.25, -0.2) is 4.79 Å². The molecule has 43 heavy (non-hydrogen) atoms. The highest BCUT2D eigenvalue weighted by Gasteiger charge is 2.39. The SMILES string of the molecule is CCOC(=O)C(CCc1ccccc1)N[C@@H](Cc1ccc(OCC)cc1)C(=O)N1CCC[C@H]1C(=O)OCc1ccccc1. The minimum Gasteiger partial charge on any atom is -0.494 e. The zero-order valence-corrected chi connectivity index (χ0v) is 25.1. The molecule has 1 aliphatic heterocycles. The first-order valence-electron chi connectivity index (χ1n) is 15.2. The van der Waals surface area contributed by atoms with Crippen LogP contribution in [0.15, 0.2) is 84.9 Å². The number of carbonyl (C=O) groups is 3. The number of benzene rings is 3. The lowest BCUT2D eigenvalue weighted by molar-refractivity contribution is -0.155. The van der Waals surface area contributed by atoms with E-state index in [4.69, 9.17) is 14.2 Å². The number of likely N-dealkylation sites (tertiary alicyclic amines) is 1. The number of nitrogens with one attached hydrogen (secondary N) is 1. The van der Waals surface area contributed by atoms with Gasteiger partial charge >= 0.3 is 11.9 Å². The number of amides is 1. The first-order valence-corrected chi connectivity index (χ1v) is 15.2. The first-order chi connectivity index (χ1) is 21.0. The Hall–Kier alpha value is -4.17. The van der Waals surface area contributed by atoms with Gasteiger partial charge in [0.2, 0.25) is 5.91 Å². The minimum atomic E-state index is -0.759. The predicted molar refractivity (Wildman–Crippen MR) is 164 cm³/mol. The van der Waals surface area contributed by atoms with Crippen LogP contribution in [0.4, 0.5) is 0 Å². The number of hydrogen-bond acceptors (Lipinski definition) is 7. The Morgan fingerprint density at radius 2 is 1.49 bits per heavy atom. The molecule has 8 heteroatoms. The van der Waals surface area contributed by atoms with Crippen molar-refractivity contribution in [3.8, 4) is 5.75 Å². The smallest absolute Gasteiger partial charge is 0.329 e. The van der Waals surface area contributed by atoms with Crippen molar-refractivity contribution >= 4 is 17.8 Å². The molecule has 0 radical (unpaired) electrons. The van der Waals surface area contributed by atoms with Crippen LogP contribution in [0.1, 0.15) is 49.8 Å². The average molecular weight is 587 g/mol. The number of rotatable bonds is 15. The lowest BCUT2D eigenvalue weighted by atomic mass is 10.0. The third-order valence-electron chi connectivity index (χ3n) is 7.54. The van der Waals surface area contributed by atoms with E-state index in [2.05, 4.69) is 5.32 Å². The van der Waals surface area contributed by atoms with Crippen LogP contribution in [0.5, 0.6) is 5.75 Å². The van der Waals surface area contributed by atoms with Crippen molar-refractivity contribution in [1.82, 2.24) is 10.2 Å². The van der Waals surface area contributed by atoms with Crippen LogP contribution in [-0.4, -0.2) is 60.6 Å². The third kappa shape index (κ3) is 9.41. The van der Waals surface area contributed by atoms with Crippen molar-refractivity contribution in [2.75, 3.05) is 19.8 Å². The van der Waals surface area contributed by atoms with Crippen molar-refractivity contribution < 1.29 is 28.6 Å². The summed E-state index contributed by atoms with van der Waals surface area (Å²) in [5.74, 6) is -0.305. The number of aryl methyl sites for hydroxylation is 1. The molecule has 3 aromatic carbocycles. The molecule has 1 fully saturated rings. The molecule has 3 aromatic rings. The lowest BCUT2D eigenvalue weighted by Gasteiger charge is -2.30. The van der Waals surface area contributed by atoms with Gasteiger partial charge < -0.3 is 19.1 Å². The molecular weight excluding hydrogens is 544 g/mol. The van der Waals surface area contributed by atoms with E-state index >= 15 is 0 Å².